The van der Waals surface area contributed by atoms with Crippen molar-refractivity contribution >= 4 is 21.6 Å². The highest BCUT2D eigenvalue weighted by atomic mass is 32.2. The van der Waals surface area contributed by atoms with Crippen LogP contribution in [0.5, 0.6) is 0 Å². The van der Waals surface area contributed by atoms with Crippen molar-refractivity contribution < 1.29 is 13.2 Å². The molecule has 2 aromatic carbocycles. The fourth-order valence-corrected chi connectivity index (χ4v) is 4.54. The van der Waals surface area contributed by atoms with E-state index in [2.05, 4.69) is 5.32 Å². The van der Waals surface area contributed by atoms with E-state index in [0.29, 0.717) is 24.2 Å². The molecule has 0 radical (unpaired) electrons. The predicted octanol–water partition coefficient (Wildman–Crippen LogP) is 3.17. The third kappa shape index (κ3) is 4.27. The van der Waals surface area contributed by atoms with E-state index in [-0.39, 0.29) is 11.7 Å². The number of nitrogens with zero attached hydrogens (tertiary/aromatic N) is 1. The van der Waals surface area contributed by atoms with Crippen LogP contribution in [0.1, 0.15) is 34.3 Å². The first-order chi connectivity index (χ1) is 12.0. The van der Waals surface area contributed by atoms with Gasteiger partial charge in [0.25, 0.3) is 5.91 Å². The molecule has 0 saturated carbocycles. The van der Waals surface area contributed by atoms with Crippen molar-refractivity contribution in [1.29, 1.82) is 0 Å². The largest absolute Gasteiger partial charge is 0.322 e. The van der Waals surface area contributed by atoms with Gasteiger partial charge in [0, 0.05) is 24.3 Å². The minimum absolute atomic E-state index is 0.0211. The number of aryl methyl sites for hydroxylation is 1. The summed E-state index contributed by atoms with van der Waals surface area (Å²) in [6.45, 7) is 3.15. The van der Waals surface area contributed by atoms with Crippen LogP contribution in [0.2, 0.25) is 0 Å². The number of sulfonamides is 1. The maximum atomic E-state index is 12.3. The molecule has 1 saturated heterocycles. The van der Waals surface area contributed by atoms with Crippen LogP contribution in [-0.2, 0) is 15.8 Å². The highest BCUT2D eigenvalue weighted by Gasteiger charge is 2.25. The molecule has 1 aliphatic heterocycles. The van der Waals surface area contributed by atoms with E-state index < -0.39 is 10.0 Å². The Bertz CT molecular complexity index is 854. The normalized spacial score (nSPS) is 15.2. The van der Waals surface area contributed by atoms with Crippen LogP contribution in [0.4, 0.5) is 5.69 Å². The molecule has 0 bridgehead atoms. The van der Waals surface area contributed by atoms with Crippen molar-refractivity contribution in [2.75, 3.05) is 18.4 Å². The Morgan fingerprint density at radius 3 is 2.32 bits per heavy atom. The average molecular weight is 358 g/mol. The van der Waals surface area contributed by atoms with Gasteiger partial charge in [0.05, 0.1) is 5.75 Å². The number of carbonyl (C=O) groups is 1. The van der Waals surface area contributed by atoms with E-state index in [4.69, 9.17) is 0 Å². The molecule has 1 N–H and O–H groups in total. The zero-order valence-electron chi connectivity index (χ0n) is 14.2. The molecule has 1 aliphatic rings. The second-order valence-electron chi connectivity index (χ2n) is 6.33. The summed E-state index contributed by atoms with van der Waals surface area (Å²) in [6, 6.07) is 14.3. The van der Waals surface area contributed by atoms with Gasteiger partial charge < -0.3 is 5.32 Å². The molecule has 0 atom stereocenters. The fraction of sp³-hybridized carbons (Fsp3) is 0.316. The molecule has 5 nitrogen and oxygen atoms in total. The number of rotatable bonds is 5. The summed E-state index contributed by atoms with van der Waals surface area (Å²) in [5.41, 5.74) is 2.96. The van der Waals surface area contributed by atoms with Gasteiger partial charge in [-0.2, -0.15) is 0 Å². The molecule has 1 amide bonds. The van der Waals surface area contributed by atoms with Crippen molar-refractivity contribution in [3.63, 3.8) is 0 Å². The lowest BCUT2D eigenvalue weighted by Crippen LogP contribution is -2.29. The monoisotopic (exact) mass is 358 g/mol. The number of nitrogens with one attached hydrogen (secondary N) is 1. The van der Waals surface area contributed by atoms with Crippen LogP contribution in [-0.4, -0.2) is 31.7 Å². The van der Waals surface area contributed by atoms with E-state index in [1.165, 1.54) is 0 Å². The summed E-state index contributed by atoms with van der Waals surface area (Å²) in [6.07, 6.45) is 1.86. The fourth-order valence-electron chi connectivity index (χ4n) is 2.93. The van der Waals surface area contributed by atoms with Crippen LogP contribution in [0.15, 0.2) is 48.5 Å². The van der Waals surface area contributed by atoms with Gasteiger partial charge >= 0.3 is 0 Å². The second-order valence-corrected chi connectivity index (χ2v) is 8.30. The van der Waals surface area contributed by atoms with Gasteiger partial charge in [0.15, 0.2) is 0 Å². The van der Waals surface area contributed by atoms with Crippen molar-refractivity contribution in [2.24, 2.45) is 0 Å². The Balaban J connectivity index is 1.67. The first-order valence-corrected chi connectivity index (χ1v) is 10.0. The van der Waals surface area contributed by atoms with E-state index in [0.717, 1.165) is 24.1 Å². The van der Waals surface area contributed by atoms with Crippen LogP contribution in [0, 0.1) is 6.92 Å². The number of hydrogen-bond acceptors (Lipinski definition) is 3. The van der Waals surface area contributed by atoms with Crippen molar-refractivity contribution in [1.82, 2.24) is 4.31 Å². The molecule has 0 aromatic heterocycles. The van der Waals surface area contributed by atoms with Gasteiger partial charge in [0.2, 0.25) is 10.0 Å². The van der Waals surface area contributed by atoms with E-state index in [1.54, 1.807) is 28.6 Å². The third-order valence-corrected chi connectivity index (χ3v) is 6.27. The molecule has 1 heterocycles. The summed E-state index contributed by atoms with van der Waals surface area (Å²) in [4.78, 5) is 12.3. The zero-order valence-corrected chi connectivity index (χ0v) is 15.1. The van der Waals surface area contributed by atoms with Crippen LogP contribution >= 0.6 is 0 Å². The minimum Gasteiger partial charge on any atom is -0.322 e. The minimum atomic E-state index is -3.27. The molecular weight excluding hydrogens is 336 g/mol. The van der Waals surface area contributed by atoms with Gasteiger partial charge in [-0.3, -0.25) is 4.79 Å². The van der Waals surface area contributed by atoms with Gasteiger partial charge in [-0.25, -0.2) is 12.7 Å². The Morgan fingerprint density at radius 2 is 1.68 bits per heavy atom. The molecule has 0 unspecified atom stereocenters. The quantitative estimate of drug-likeness (QED) is 0.893. The Hall–Kier alpha value is -2.18. The molecule has 6 heteroatoms. The maximum Gasteiger partial charge on any atom is 0.255 e. The SMILES string of the molecule is Cc1ccccc1NC(=O)c1ccc(CS(=O)(=O)N2CCCC2)cc1. The van der Waals surface area contributed by atoms with E-state index >= 15 is 0 Å². The summed E-state index contributed by atoms with van der Waals surface area (Å²) in [7, 11) is -3.27. The lowest BCUT2D eigenvalue weighted by atomic mass is 10.1. The molecule has 132 valence electrons. The van der Waals surface area contributed by atoms with Crippen LogP contribution in [0.25, 0.3) is 0 Å². The summed E-state index contributed by atoms with van der Waals surface area (Å²) in [5, 5.41) is 2.87. The number of hydrogen-bond donors (Lipinski definition) is 1. The van der Waals surface area contributed by atoms with Crippen molar-refractivity contribution in [3.05, 3.63) is 65.2 Å². The van der Waals surface area contributed by atoms with Crippen molar-refractivity contribution in [2.45, 2.75) is 25.5 Å². The molecular formula is C19H22N2O3S. The molecule has 1 fully saturated rings. The summed E-state index contributed by atoms with van der Waals surface area (Å²) in [5.74, 6) is -0.226. The van der Waals surface area contributed by atoms with E-state index in [1.807, 2.05) is 31.2 Å². The number of carbonyl (C=O) groups excluding carboxylic acids is 1. The van der Waals surface area contributed by atoms with Gasteiger partial charge in [-0.15, -0.1) is 0 Å². The van der Waals surface area contributed by atoms with Crippen LogP contribution < -0.4 is 5.32 Å². The van der Waals surface area contributed by atoms with Gasteiger partial charge in [-0.05, 0) is 49.1 Å². The highest BCUT2D eigenvalue weighted by Crippen LogP contribution is 2.18. The molecule has 0 spiro atoms. The number of amides is 1. The predicted molar refractivity (Wildman–Crippen MR) is 99.0 cm³/mol. The van der Waals surface area contributed by atoms with Crippen LogP contribution in [0.3, 0.4) is 0 Å². The summed E-state index contributed by atoms with van der Waals surface area (Å²) >= 11 is 0. The second kappa shape index (κ2) is 7.37. The smallest absolute Gasteiger partial charge is 0.255 e. The highest BCUT2D eigenvalue weighted by molar-refractivity contribution is 7.88. The van der Waals surface area contributed by atoms with Gasteiger partial charge in [0.1, 0.15) is 0 Å². The molecule has 0 aliphatic carbocycles. The first kappa shape index (κ1) is 17.6. The summed E-state index contributed by atoms with van der Waals surface area (Å²) < 4.78 is 26.2. The van der Waals surface area contributed by atoms with Gasteiger partial charge in [-0.1, -0.05) is 30.3 Å². The zero-order chi connectivity index (χ0) is 17.9. The van der Waals surface area contributed by atoms with Crippen molar-refractivity contribution in [3.8, 4) is 0 Å². The Kier molecular flexibility index (Phi) is 5.20. The van der Waals surface area contributed by atoms with E-state index in [9.17, 15) is 13.2 Å². The number of para-hydroxylation sites is 1. The molecule has 3 rings (SSSR count). The lowest BCUT2D eigenvalue weighted by molar-refractivity contribution is 0.102. The maximum absolute atomic E-state index is 12.3. The third-order valence-electron chi connectivity index (χ3n) is 4.42. The molecule has 2 aromatic rings. The first-order valence-electron chi connectivity index (χ1n) is 8.39. The Morgan fingerprint density at radius 1 is 1.04 bits per heavy atom. The standard InChI is InChI=1S/C19H22N2O3S/c1-15-6-2-3-7-18(15)20-19(22)17-10-8-16(9-11-17)14-25(23,24)21-12-4-5-13-21/h2-3,6-11H,4-5,12-14H2,1H3,(H,20,22). The number of anilines is 1. The Labute approximate surface area is 148 Å². The average Bonchev–Trinajstić information content (AvgIpc) is 3.13. The molecule has 25 heavy (non-hydrogen) atoms. The number of benzene rings is 2. The lowest BCUT2D eigenvalue weighted by Gasteiger charge is -2.15. The topological polar surface area (TPSA) is 66.5 Å².